The second-order valence-corrected chi connectivity index (χ2v) is 3.04. The Morgan fingerprint density at radius 3 is 2.78 bits per heavy atom. The molecule has 0 N–H and O–H groups in total. The first-order valence-electron chi connectivity index (χ1n) is 2.93. The molecule has 0 aliphatic heterocycles. The molecule has 0 aliphatic carbocycles. The van der Waals surface area contributed by atoms with Gasteiger partial charge in [0.1, 0.15) is 0 Å². The number of hydrogen-bond donors (Lipinski definition) is 0. The lowest BCUT2D eigenvalue weighted by atomic mass is 10.3. The molecule has 0 fully saturated rings. The first kappa shape index (κ1) is 5.08. The zero-order valence-electron chi connectivity index (χ0n) is 4.91. The molecule has 0 bridgehead atoms. The Labute approximate surface area is 55.6 Å². The standard InChI is InChI=1S/C8H6P/c1-2-4-8-7(3-1)5-6-9-8/h1-6H/q-1. The maximum atomic E-state index is 2.17. The van der Waals surface area contributed by atoms with Gasteiger partial charge in [0.15, 0.2) is 0 Å². The zero-order chi connectivity index (χ0) is 6.10. The summed E-state index contributed by atoms with van der Waals surface area (Å²) in [6.07, 6.45) is 0. The van der Waals surface area contributed by atoms with Crippen molar-refractivity contribution in [2.75, 3.05) is 0 Å². The summed E-state index contributed by atoms with van der Waals surface area (Å²) in [6, 6.07) is 10.6. The number of hydrogen-bond acceptors (Lipinski definition) is 0. The molecular formula is C8H6P-. The minimum Gasteiger partial charge on any atom is -0.523 e. The molecule has 0 radical (unpaired) electrons. The van der Waals surface area contributed by atoms with Crippen LogP contribution in [0.15, 0.2) is 36.1 Å². The van der Waals surface area contributed by atoms with E-state index in [9.17, 15) is 0 Å². The zero-order valence-corrected chi connectivity index (χ0v) is 5.81. The van der Waals surface area contributed by atoms with Crippen LogP contribution in [0, 0.1) is 0 Å². The van der Waals surface area contributed by atoms with Crippen LogP contribution in [0.3, 0.4) is 0 Å². The quantitative estimate of drug-likeness (QED) is 0.517. The Bertz CT molecular complexity index is 279. The van der Waals surface area contributed by atoms with Gasteiger partial charge in [-0.05, 0) is 0 Å². The van der Waals surface area contributed by atoms with Crippen molar-refractivity contribution in [1.82, 2.24) is 0 Å². The summed E-state index contributed by atoms with van der Waals surface area (Å²) >= 11 is 0. The Morgan fingerprint density at radius 2 is 1.89 bits per heavy atom. The van der Waals surface area contributed by atoms with E-state index in [1.54, 1.807) is 0 Å². The van der Waals surface area contributed by atoms with Gasteiger partial charge in [0, 0.05) is 0 Å². The van der Waals surface area contributed by atoms with E-state index in [1.807, 2.05) is 0 Å². The molecule has 0 aliphatic rings. The van der Waals surface area contributed by atoms with Crippen LogP contribution in [0.4, 0.5) is 0 Å². The highest BCUT2D eigenvalue weighted by Crippen LogP contribution is 2.23. The number of fused-ring (bicyclic) bond motifs is 1. The van der Waals surface area contributed by atoms with Crippen LogP contribution in [0.25, 0.3) is 10.5 Å². The molecular weight excluding hydrogens is 127 g/mol. The molecule has 44 valence electrons. The molecule has 1 aromatic carbocycles. The molecule has 0 nitrogen and oxygen atoms in total. The average Bonchev–Trinajstić information content (AvgIpc) is 2.33. The van der Waals surface area contributed by atoms with Crippen molar-refractivity contribution in [3.05, 3.63) is 36.1 Å². The van der Waals surface area contributed by atoms with Crippen molar-refractivity contribution >= 4 is 18.7 Å². The van der Waals surface area contributed by atoms with Gasteiger partial charge in [0.25, 0.3) is 0 Å². The van der Waals surface area contributed by atoms with Gasteiger partial charge in [-0.25, -0.2) is 5.80 Å². The van der Waals surface area contributed by atoms with E-state index in [-0.39, 0.29) is 0 Å². The lowest BCUT2D eigenvalue weighted by Gasteiger charge is -1.93. The van der Waals surface area contributed by atoms with Gasteiger partial charge in [-0.2, -0.15) is 5.12 Å². The second-order valence-electron chi connectivity index (χ2n) is 2.00. The third-order valence-electron chi connectivity index (χ3n) is 1.40. The summed E-state index contributed by atoms with van der Waals surface area (Å²) < 4.78 is 0. The lowest BCUT2D eigenvalue weighted by molar-refractivity contribution is 1.86. The molecule has 1 aromatic heterocycles. The van der Waals surface area contributed by atoms with Crippen molar-refractivity contribution in [2.45, 2.75) is 0 Å². The summed E-state index contributed by atoms with van der Waals surface area (Å²) in [4.78, 5) is 0. The predicted molar refractivity (Wildman–Crippen MR) is 42.1 cm³/mol. The molecule has 1 heteroatoms. The molecule has 0 saturated carbocycles. The van der Waals surface area contributed by atoms with E-state index in [0.717, 1.165) is 0 Å². The minimum absolute atomic E-state index is 1.34. The highest BCUT2D eigenvalue weighted by Gasteiger charge is 1.77. The molecule has 0 spiro atoms. The summed E-state index contributed by atoms with van der Waals surface area (Å²) in [5, 5.41) is 2.80. The van der Waals surface area contributed by atoms with Crippen LogP contribution in [0.5, 0.6) is 0 Å². The number of rotatable bonds is 0. The largest absolute Gasteiger partial charge is 0.523 e. The van der Waals surface area contributed by atoms with Crippen molar-refractivity contribution in [1.29, 1.82) is 0 Å². The van der Waals surface area contributed by atoms with Crippen LogP contribution >= 0.6 is 8.19 Å². The van der Waals surface area contributed by atoms with Crippen molar-refractivity contribution in [3.8, 4) is 0 Å². The first-order valence-corrected chi connectivity index (χ1v) is 3.89. The van der Waals surface area contributed by atoms with Gasteiger partial charge in [-0.1, -0.05) is 35.7 Å². The molecule has 1 heterocycles. The second kappa shape index (κ2) is 1.89. The number of benzene rings is 1. The Balaban J connectivity index is 2.95. The normalized spacial score (nSPS) is 11.1. The maximum Gasteiger partial charge on any atom is -0.0526 e. The van der Waals surface area contributed by atoms with Crippen molar-refractivity contribution < 1.29 is 0 Å². The molecule has 9 heavy (non-hydrogen) atoms. The van der Waals surface area contributed by atoms with E-state index >= 15 is 0 Å². The fraction of sp³-hybridized carbons (Fsp3) is 0. The molecule has 2 rings (SSSR count). The van der Waals surface area contributed by atoms with E-state index in [2.05, 4.69) is 36.1 Å². The van der Waals surface area contributed by atoms with Gasteiger partial charge in [-0.15, -0.1) is 0 Å². The summed E-state index contributed by atoms with van der Waals surface area (Å²) in [5.41, 5.74) is 0. The van der Waals surface area contributed by atoms with E-state index in [0.29, 0.717) is 0 Å². The third-order valence-corrected chi connectivity index (χ3v) is 2.39. The average molecular weight is 133 g/mol. The SMILES string of the molecule is c1ccc2[p-]ccc2c1. The van der Waals surface area contributed by atoms with Gasteiger partial charge in [-0.3, -0.25) is 0 Å². The van der Waals surface area contributed by atoms with Crippen LogP contribution in [0.1, 0.15) is 0 Å². The minimum atomic E-state index is 1.34. The summed E-state index contributed by atoms with van der Waals surface area (Å²) in [5.74, 6) is 2.17. The van der Waals surface area contributed by atoms with Crippen molar-refractivity contribution in [2.24, 2.45) is 0 Å². The fourth-order valence-corrected chi connectivity index (χ4v) is 1.81. The maximum absolute atomic E-state index is 2.17. The fourth-order valence-electron chi connectivity index (χ4n) is 0.944. The highest BCUT2D eigenvalue weighted by molar-refractivity contribution is 7.36. The Hall–Kier alpha value is -0.740. The van der Waals surface area contributed by atoms with E-state index in [4.69, 9.17) is 0 Å². The molecule has 0 unspecified atom stereocenters. The smallest absolute Gasteiger partial charge is 0.0526 e. The van der Waals surface area contributed by atoms with E-state index in [1.165, 1.54) is 18.7 Å². The predicted octanol–water partition coefficient (Wildman–Crippen LogP) is 3.14. The Morgan fingerprint density at radius 1 is 1.00 bits per heavy atom. The third kappa shape index (κ3) is 0.760. The molecule has 0 saturated heterocycles. The molecule has 0 atom stereocenters. The van der Waals surface area contributed by atoms with E-state index < -0.39 is 0 Å². The van der Waals surface area contributed by atoms with Crippen LogP contribution in [0.2, 0.25) is 0 Å². The topological polar surface area (TPSA) is 0 Å². The lowest BCUT2D eigenvalue weighted by Crippen LogP contribution is -1.55. The van der Waals surface area contributed by atoms with Gasteiger partial charge in [0.05, 0.1) is 0 Å². The Kier molecular flexibility index (Phi) is 1.07. The van der Waals surface area contributed by atoms with Crippen LogP contribution in [-0.2, 0) is 0 Å². The van der Waals surface area contributed by atoms with Gasteiger partial charge in [0.2, 0.25) is 0 Å². The van der Waals surface area contributed by atoms with Crippen LogP contribution in [-0.4, -0.2) is 0 Å². The monoisotopic (exact) mass is 133 g/mol. The van der Waals surface area contributed by atoms with Crippen molar-refractivity contribution in [3.63, 3.8) is 0 Å². The van der Waals surface area contributed by atoms with Gasteiger partial charge >= 0.3 is 0 Å². The summed E-state index contributed by atoms with van der Waals surface area (Å²) in [7, 11) is 1.34. The van der Waals surface area contributed by atoms with Gasteiger partial charge < -0.3 is 8.19 Å². The summed E-state index contributed by atoms with van der Waals surface area (Å²) in [6.45, 7) is 0. The first-order chi connectivity index (χ1) is 4.47. The van der Waals surface area contributed by atoms with Crippen LogP contribution < -0.4 is 0 Å². The highest BCUT2D eigenvalue weighted by atomic mass is 31.0. The molecule has 2 aromatic rings. The molecule has 0 amide bonds.